The highest BCUT2D eigenvalue weighted by Gasteiger charge is 2.52. The van der Waals surface area contributed by atoms with Crippen LogP contribution in [0, 0.1) is 23.2 Å². The van der Waals surface area contributed by atoms with Crippen molar-refractivity contribution in [3.8, 4) is 5.75 Å². The maximum Gasteiger partial charge on any atom is 0.393 e. The molecule has 1 aliphatic carbocycles. The second-order valence-electron chi connectivity index (χ2n) is 14.0. The molecular formula is C36H44F3N7O3. The monoisotopic (exact) mass is 679 g/mol. The molecule has 6 rings (SSSR count). The van der Waals surface area contributed by atoms with Gasteiger partial charge in [0.2, 0.25) is 5.91 Å². The number of aromatic nitrogens is 5. The lowest BCUT2D eigenvalue weighted by atomic mass is 9.72. The van der Waals surface area contributed by atoms with Crippen LogP contribution in [0.3, 0.4) is 0 Å². The van der Waals surface area contributed by atoms with Crippen LogP contribution in [0.25, 0.3) is 5.65 Å². The number of amides is 2. The number of likely N-dealkylation sites (tertiary alicyclic amines) is 1. The van der Waals surface area contributed by atoms with Gasteiger partial charge in [0.1, 0.15) is 11.4 Å². The zero-order chi connectivity index (χ0) is 34.9. The minimum atomic E-state index is -4.46. The molecule has 13 heteroatoms. The molecule has 1 saturated heterocycles. The van der Waals surface area contributed by atoms with Crippen LogP contribution >= 0.6 is 0 Å². The maximum absolute atomic E-state index is 14.2. The third-order valence-corrected chi connectivity index (χ3v) is 10.3. The normalized spacial score (nSPS) is 23.9. The average molecular weight is 680 g/mol. The van der Waals surface area contributed by atoms with Gasteiger partial charge in [-0.15, -0.1) is 0 Å². The van der Waals surface area contributed by atoms with Gasteiger partial charge < -0.3 is 15.0 Å². The van der Waals surface area contributed by atoms with E-state index in [1.165, 1.54) is 12.0 Å². The van der Waals surface area contributed by atoms with Gasteiger partial charge >= 0.3 is 6.18 Å². The minimum Gasteiger partial charge on any atom is -0.497 e. The zero-order valence-electron chi connectivity index (χ0n) is 28.4. The topological polar surface area (TPSA) is 107 Å². The molecule has 3 atom stereocenters. The summed E-state index contributed by atoms with van der Waals surface area (Å²) in [5, 5.41) is 12.2. The van der Waals surface area contributed by atoms with E-state index in [2.05, 4.69) is 17.3 Å². The van der Waals surface area contributed by atoms with Gasteiger partial charge in [-0.25, -0.2) is 9.50 Å². The first kappa shape index (κ1) is 34.4. The number of hydrogen-bond donors (Lipinski definition) is 1. The van der Waals surface area contributed by atoms with Crippen molar-refractivity contribution in [2.75, 3.05) is 13.7 Å². The third-order valence-electron chi connectivity index (χ3n) is 10.3. The Balaban J connectivity index is 1.26. The lowest BCUT2D eigenvalue weighted by Gasteiger charge is -2.44. The summed E-state index contributed by atoms with van der Waals surface area (Å²) in [7, 11) is 1.54. The fourth-order valence-electron chi connectivity index (χ4n) is 7.51. The van der Waals surface area contributed by atoms with Gasteiger partial charge in [-0.3, -0.25) is 14.3 Å². The molecule has 4 aromatic rings. The first-order valence-electron chi connectivity index (χ1n) is 17.0. The number of aryl methyl sites for hydroxylation is 1. The summed E-state index contributed by atoms with van der Waals surface area (Å²) in [4.78, 5) is 33.5. The molecular weight excluding hydrogens is 635 g/mol. The summed E-state index contributed by atoms with van der Waals surface area (Å²) in [6.45, 7) is 6.01. The molecule has 2 aliphatic rings. The molecule has 49 heavy (non-hydrogen) atoms. The lowest BCUT2D eigenvalue weighted by Crippen LogP contribution is -2.54. The summed E-state index contributed by atoms with van der Waals surface area (Å²) in [6.07, 6.45) is 2.65. The van der Waals surface area contributed by atoms with Crippen molar-refractivity contribution in [2.24, 2.45) is 23.2 Å². The van der Waals surface area contributed by atoms with Crippen LogP contribution in [-0.2, 0) is 24.3 Å². The lowest BCUT2D eigenvalue weighted by molar-refractivity contribution is -0.202. The quantitative estimate of drug-likeness (QED) is 0.208. The molecule has 10 nitrogen and oxygen atoms in total. The third kappa shape index (κ3) is 7.45. The summed E-state index contributed by atoms with van der Waals surface area (Å²) >= 11 is 0. The second-order valence-corrected chi connectivity index (χ2v) is 14.0. The Labute approximate surface area is 284 Å². The smallest absolute Gasteiger partial charge is 0.393 e. The van der Waals surface area contributed by atoms with E-state index in [-0.39, 0.29) is 43.2 Å². The van der Waals surface area contributed by atoms with E-state index < -0.39 is 24.1 Å². The van der Waals surface area contributed by atoms with Gasteiger partial charge in [-0.2, -0.15) is 23.4 Å². The Kier molecular flexibility index (Phi) is 9.72. The first-order valence-corrected chi connectivity index (χ1v) is 17.0. The van der Waals surface area contributed by atoms with Crippen LogP contribution < -0.4 is 10.1 Å². The molecule has 0 radical (unpaired) electrons. The second kappa shape index (κ2) is 13.8. The average Bonchev–Trinajstić information content (AvgIpc) is 3.73. The predicted octanol–water partition coefficient (Wildman–Crippen LogP) is 6.41. The van der Waals surface area contributed by atoms with E-state index in [0.29, 0.717) is 40.9 Å². The number of rotatable bonds is 10. The maximum atomic E-state index is 14.2. The molecule has 1 aromatic carbocycles. The molecule has 1 N–H and O–H groups in total. The molecule has 1 aliphatic heterocycles. The van der Waals surface area contributed by atoms with Crippen LogP contribution in [0.1, 0.15) is 86.4 Å². The van der Waals surface area contributed by atoms with Crippen molar-refractivity contribution in [3.05, 3.63) is 77.5 Å². The van der Waals surface area contributed by atoms with Crippen molar-refractivity contribution < 1.29 is 27.5 Å². The van der Waals surface area contributed by atoms with Crippen LogP contribution in [0.15, 0.2) is 54.9 Å². The van der Waals surface area contributed by atoms with E-state index in [9.17, 15) is 22.8 Å². The zero-order valence-corrected chi connectivity index (χ0v) is 28.4. The molecule has 4 heterocycles. The van der Waals surface area contributed by atoms with Gasteiger partial charge in [0, 0.05) is 32.3 Å². The molecule has 0 bridgehead atoms. The predicted molar refractivity (Wildman–Crippen MR) is 177 cm³/mol. The Hall–Kier alpha value is -4.42. The van der Waals surface area contributed by atoms with E-state index >= 15 is 0 Å². The van der Waals surface area contributed by atoms with Crippen molar-refractivity contribution in [1.82, 2.24) is 34.6 Å². The molecule has 262 valence electrons. The van der Waals surface area contributed by atoms with E-state index in [0.717, 1.165) is 31.2 Å². The van der Waals surface area contributed by atoms with Crippen molar-refractivity contribution in [2.45, 2.75) is 84.6 Å². The first-order chi connectivity index (χ1) is 23.4. The molecule has 2 fully saturated rings. The summed E-state index contributed by atoms with van der Waals surface area (Å²) in [5.74, 6) is -0.802. The Morgan fingerprint density at radius 2 is 1.84 bits per heavy atom. The molecule has 0 spiro atoms. The minimum absolute atomic E-state index is 0.0304. The number of piperidine rings is 1. The van der Waals surface area contributed by atoms with Crippen molar-refractivity contribution in [3.63, 3.8) is 0 Å². The van der Waals surface area contributed by atoms with Gasteiger partial charge in [-0.05, 0) is 73.9 Å². The van der Waals surface area contributed by atoms with Gasteiger partial charge in [0.25, 0.3) is 5.91 Å². The molecule has 1 unspecified atom stereocenters. The number of hydrogen-bond acceptors (Lipinski definition) is 6. The standard InChI is InChI=1S/C36H44F3N7O3/c1-5-45-30(16-17-40-45)33(47)42-32(25-10-6-23(2)7-11-25)29-22-46-31(41-29)15-12-27(43-46)19-35(3)18-26(36(37,38)39)21-44(34(35)48)20-24-8-13-28(49-4)14-9-24/h8-9,12-17,22-23,25-26,32H,5-7,10-11,18-21H2,1-4H3,(H,42,47)/t23-,25-,26-,32+,35?/m1/s1. The van der Waals surface area contributed by atoms with Gasteiger partial charge in [-0.1, -0.05) is 38.8 Å². The number of benzene rings is 1. The number of ether oxygens (including phenoxy) is 1. The van der Waals surface area contributed by atoms with Crippen LogP contribution in [0.5, 0.6) is 5.75 Å². The number of carbonyl (C=O) groups excluding carboxylic acids is 2. The highest BCUT2D eigenvalue weighted by molar-refractivity contribution is 5.92. The summed E-state index contributed by atoms with van der Waals surface area (Å²) < 4.78 is 51.1. The number of carbonyl (C=O) groups is 2. The molecule has 2 amide bonds. The SMILES string of the molecule is CCn1nccc1C(=O)N[C@H](c1cn2nc(CC3(C)C[C@@H](C(F)(F)F)CN(Cc4ccc(OC)cc4)C3=O)ccc2n1)[C@H]1CC[C@H](C)CC1. The fourth-order valence-corrected chi connectivity index (χ4v) is 7.51. The number of halogens is 3. The van der Waals surface area contributed by atoms with Crippen LogP contribution in [-0.4, -0.2) is 60.9 Å². The number of fused-ring (bicyclic) bond motifs is 1. The Morgan fingerprint density at radius 3 is 2.51 bits per heavy atom. The summed E-state index contributed by atoms with van der Waals surface area (Å²) in [5.41, 5.74) is 1.57. The van der Waals surface area contributed by atoms with Gasteiger partial charge in [0.05, 0.1) is 42.1 Å². The number of methoxy groups -OCH3 is 1. The largest absolute Gasteiger partial charge is 0.497 e. The van der Waals surface area contributed by atoms with Crippen molar-refractivity contribution in [1.29, 1.82) is 0 Å². The Bertz CT molecular complexity index is 1780. The van der Waals surface area contributed by atoms with Gasteiger partial charge in [0.15, 0.2) is 5.65 Å². The number of nitrogens with zero attached hydrogens (tertiary/aromatic N) is 6. The highest BCUT2D eigenvalue weighted by Crippen LogP contribution is 2.44. The number of nitrogens with one attached hydrogen (secondary N) is 1. The van der Waals surface area contributed by atoms with Crippen molar-refractivity contribution >= 4 is 17.5 Å². The number of imidazole rings is 1. The Morgan fingerprint density at radius 1 is 1.10 bits per heavy atom. The summed E-state index contributed by atoms with van der Waals surface area (Å²) in [6, 6.07) is 11.8. The van der Waals surface area contributed by atoms with E-state index in [4.69, 9.17) is 14.8 Å². The fraction of sp³-hybridized carbons (Fsp3) is 0.528. The van der Waals surface area contributed by atoms with Crippen LogP contribution in [0.2, 0.25) is 0 Å². The van der Waals surface area contributed by atoms with Crippen LogP contribution in [0.4, 0.5) is 13.2 Å². The number of alkyl halides is 3. The molecule has 3 aromatic heterocycles. The molecule has 1 saturated carbocycles. The highest BCUT2D eigenvalue weighted by atomic mass is 19.4. The van der Waals surface area contributed by atoms with E-state index in [1.54, 1.807) is 71.0 Å². The van der Waals surface area contributed by atoms with E-state index in [1.807, 2.05) is 6.92 Å².